The molecule has 2 rings (SSSR count). The van der Waals surface area contributed by atoms with Crippen molar-refractivity contribution in [1.29, 1.82) is 0 Å². The van der Waals surface area contributed by atoms with Gasteiger partial charge in [0.1, 0.15) is 12.6 Å². The van der Waals surface area contributed by atoms with E-state index in [1.54, 1.807) is 6.92 Å². The van der Waals surface area contributed by atoms with E-state index < -0.39 is 28.5 Å². The Bertz CT molecular complexity index is 1190. The third-order valence-corrected chi connectivity index (χ3v) is 7.54. The molecule has 0 aliphatic carbocycles. The van der Waals surface area contributed by atoms with E-state index in [9.17, 15) is 18.0 Å². The van der Waals surface area contributed by atoms with E-state index in [1.165, 1.54) is 17.0 Å². The van der Waals surface area contributed by atoms with Gasteiger partial charge in [0, 0.05) is 13.1 Å². The number of nitrogens with zero attached hydrogens (tertiary/aromatic N) is 2. The molecule has 0 aliphatic rings. The molecular weight excluding hydrogens is 533 g/mol. The van der Waals surface area contributed by atoms with Crippen LogP contribution in [0.4, 0.5) is 5.69 Å². The van der Waals surface area contributed by atoms with E-state index in [0.717, 1.165) is 21.7 Å². The molecule has 0 fully saturated rings. The van der Waals surface area contributed by atoms with E-state index in [0.29, 0.717) is 6.54 Å². The first-order valence-corrected chi connectivity index (χ1v) is 13.9. The Morgan fingerprint density at radius 2 is 1.60 bits per heavy atom. The SMILES string of the molecule is Cc1ccccc1CN(C(=O)CN(c1cc(Cl)c(Cl)cc1Cl)S(C)(=O)=O)[C@@H](C)C(=O)NCC(C)C. The normalized spacial score (nSPS) is 12.4. The first-order valence-electron chi connectivity index (χ1n) is 11.0. The van der Waals surface area contributed by atoms with Crippen LogP contribution in [0.5, 0.6) is 0 Å². The van der Waals surface area contributed by atoms with Gasteiger partial charge in [-0.3, -0.25) is 13.9 Å². The number of benzene rings is 2. The van der Waals surface area contributed by atoms with Crippen molar-refractivity contribution in [1.82, 2.24) is 10.2 Å². The average Bonchev–Trinajstić information content (AvgIpc) is 2.76. The van der Waals surface area contributed by atoms with E-state index >= 15 is 0 Å². The van der Waals surface area contributed by atoms with Crippen LogP contribution in [0.25, 0.3) is 0 Å². The molecule has 1 N–H and O–H groups in total. The third kappa shape index (κ3) is 8.00. The van der Waals surface area contributed by atoms with Gasteiger partial charge in [-0.2, -0.15) is 0 Å². The van der Waals surface area contributed by atoms with Crippen LogP contribution in [-0.2, 0) is 26.2 Å². The fourth-order valence-corrected chi connectivity index (χ4v) is 4.85. The summed E-state index contributed by atoms with van der Waals surface area (Å²) >= 11 is 18.3. The van der Waals surface area contributed by atoms with E-state index in [1.807, 2.05) is 45.0 Å². The van der Waals surface area contributed by atoms with Crippen LogP contribution in [0, 0.1) is 12.8 Å². The molecule has 0 bridgehead atoms. The van der Waals surface area contributed by atoms with Crippen molar-refractivity contribution < 1.29 is 18.0 Å². The minimum absolute atomic E-state index is 0.0182. The number of halogens is 3. The molecule has 11 heteroatoms. The van der Waals surface area contributed by atoms with Gasteiger partial charge < -0.3 is 10.2 Å². The molecule has 0 spiro atoms. The van der Waals surface area contributed by atoms with E-state index in [4.69, 9.17) is 34.8 Å². The smallest absolute Gasteiger partial charge is 0.244 e. The Balaban J connectivity index is 2.45. The number of carbonyl (C=O) groups is 2. The summed E-state index contributed by atoms with van der Waals surface area (Å²) in [5.41, 5.74) is 1.79. The minimum Gasteiger partial charge on any atom is -0.354 e. The number of nitrogens with one attached hydrogen (secondary N) is 1. The molecule has 35 heavy (non-hydrogen) atoms. The van der Waals surface area contributed by atoms with Crippen molar-refractivity contribution in [2.45, 2.75) is 40.3 Å². The second-order valence-corrected chi connectivity index (χ2v) is 11.9. The zero-order valence-corrected chi connectivity index (χ0v) is 23.4. The molecule has 0 heterocycles. The Kier molecular flexibility index (Phi) is 10.3. The van der Waals surface area contributed by atoms with Crippen LogP contribution in [0.3, 0.4) is 0 Å². The largest absolute Gasteiger partial charge is 0.354 e. The number of rotatable bonds is 10. The zero-order valence-electron chi connectivity index (χ0n) is 20.3. The van der Waals surface area contributed by atoms with Crippen LogP contribution in [0.15, 0.2) is 36.4 Å². The molecule has 7 nitrogen and oxygen atoms in total. The highest BCUT2D eigenvalue weighted by Crippen LogP contribution is 2.35. The van der Waals surface area contributed by atoms with Crippen molar-refractivity contribution in [2.75, 3.05) is 23.7 Å². The summed E-state index contributed by atoms with van der Waals surface area (Å²) in [5.74, 6) is -0.684. The average molecular weight is 563 g/mol. The number of carbonyl (C=O) groups excluding carboxylic acids is 2. The van der Waals surface area contributed by atoms with Crippen molar-refractivity contribution in [3.63, 3.8) is 0 Å². The number of sulfonamides is 1. The molecule has 0 saturated carbocycles. The summed E-state index contributed by atoms with van der Waals surface area (Å²) in [7, 11) is -3.95. The molecule has 1 atom stereocenters. The molecule has 0 radical (unpaired) electrons. The van der Waals surface area contributed by atoms with Gasteiger partial charge in [-0.05, 0) is 43.0 Å². The van der Waals surface area contributed by atoms with Gasteiger partial charge in [0.15, 0.2) is 0 Å². The summed E-state index contributed by atoms with van der Waals surface area (Å²) in [6.07, 6.45) is 0.962. The molecule has 2 amide bonds. The number of hydrogen-bond donors (Lipinski definition) is 1. The van der Waals surface area contributed by atoms with E-state index in [-0.39, 0.29) is 39.1 Å². The fraction of sp³-hybridized carbons (Fsp3) is 0.417. The topological polar surface area (TPSA) is 86.8 Å². The van der Waals surface area contributed by atoms with Gasteiger partial charge in [0.2, 0.25) is 21.8 Å². The number of hydrogen-bond acceptors (Lipinski definition) is 4. The maximum atomic E-state index is 13.6. The van der Waals surface area contributed by atoms with Gasteiger partial charge in [-0.25, -0.2) is 8.42 Å². The molecule has 2 aromatic rings. The quantitative estimate of drug-likeness (QED) is 0.417. The molecule has 0 unspecified atom stereocenters. The van der Waals surface area contributed by atoms with Gasteiger partial charge in [-0.15, -0.1) is 0 Å². The minimum atomic E-state index is -3.95. The molecule has 2 aromatic carbocycles. The van der Waals surface area contributed by atoms with Gasteiger partial charge in [-0.1, -0.05) is 72.9 Å². The molecule has 0 aromatic heterocycles. The Labute approximate surface area is 222 Å². The monoisotopic (exact) mass is 561 g/mol. The van der Waals surface area contributed by atoms with Crippen LogP contribution < -0.4 is 9.62 Å². The lowest BCUT2D eigenvalue weighted by molar-refractivity contribution is -0.139. The summed E-state index contributed by atoms with van der Waals surface area (Å²) in [6, 6.07) is 9.24. The fourth-order valence-electron chi connectivity index (χ4n) is 3.30. The summed E-state index contributed by atoms with van der Waals surface area (Å²) in [5, 5.41) is 3.10. The highest BCUT2D eigenvalue weighted by Gasteiger charge is 2.31. The van der Waals surface area contributed by atoms with Crippen LogP contribution in [-0.4, -0.2) is 50.5 Å². The predicted molar refractivity (Wildman–Crippen MR) is 143 cm³/mol. The summed E-state index contributed by atoms with van der Waals surface area (Å²) in [6.45, 7) is 7.43. The van der Waals surface area contributed by atoms with Gasteiger partial charge >= 0.3 is 0 Å². The van der Waals surface area contributed by atoms with Crippen LogP contribution >= 0.6 is 34.8 Å². The van der Waals surface area contributed by atoms with Gasteiger partial charge in [0.25, 0.3) is 0 Å². The summed E-state index contributed by atoms with van der Waals surface area (Å²) in [4.78, 5) is 27.8. The predicted octanol–water partition coefficient (Wildman–Crippen LogP) is 4.91. The number of anilines is 1. The van der Waals surface area contributed by atoms with Crippen molar-refractivity contribution in [3.8, 4) is 0 Å². The summed E-state index contributed by atoms with van der Waals surface area (Å²) < 4.78 is 26.2. The van der Waals surface area contributed by atoms with Gasteiger partial charge in [0.05, 0.1) is 27.0 Å². The van der Waals surface area contributed by atoms with Crippen molar-refractivity contribution in [3.05, 3.63) is 62.6 Å². The molecular formula is C24H30Cl3N3O4S. The first kappa shape index (κ1) is 29.2. The lowest BCUT2D eigenvalue weighted by Crippen LogP contribution is -2.51. The number of amides is 2. The Morgan fingerprint density at radius 1 is 1.00 bits per heavy atom. The number of aryl methyl sites for hydroxylation is 1. The van der Waals surface area contributed by atoms with Crippen LogP contribution in [0.2, 0.25) is 15.1 Å². The third-order valence-electron chi connectivity index (χ3n) is 5.39. The highest BCUT2D eigenvalue weighted by atomic mass is 35.5. The maximum absolute atomic E-state index is 13.6. The lowest BCUT2D eigenvalue weighted by atomic mass is 10.1. The standard InChI is InChI=1S/C24H30Cl3N3O4S/c1-15(2)12-28-24(32)17(4)29(13-18-9-7-6-8-16(18)3)23(31)14-30(35(5,33)34)22-11-20(26)19(25)10-21(22)27/h6-11,15,17H,12-14H2,1-5H3,(H,28,32)/t17-/m0/s1. The second kappa shape index (κ2) is 12.3. The zero-order chi connectivity index (χ0) is 26.5. The first-order chi connectivity index (χ1) is 16.2. The van der Waals surface area contributed by atoms with Crippen LogP contribution in [0.1, 0.15) is 31.9 Å². The second-order valence-electron chi connectivity index (χ2n) is 8.75. The highest BCUT2D eigenvalue weighted by molar-refractivity contribution is 7.92. The van der Waals surface area contributed by atoms with Crippen molar-refractivity contribution in [2.24, 2.45) is 5.92 Å². The lowest BCUT2D eigenvalue weighted by Gasteiger charge is -2.32. The Hall–Kier alpha value is -2.00. The molecule has 0 aliphatic heterocycles. The van der Waals surface area contributed by atoms with E-state index in [2.05, 4.69) is 5.32 Å². The maximum Gasteiger partial charge on any atom is 0.244 e. The molecule has 0 saturated heterocycles. The molecule has 192 valence electrons. The van der Waals surface area contributed by atoms with Crippen molar-refractivity contribution >= 4 is 62.3 Å². The Morgan fingerprint density at radius 3 is 2.17 bits per heavy atom.